The minimum atomic E-state index is -0.968. The first-order valence-corrected chi connectivity index (χ1v) is 13.4. The van der Waals surface area contributed by atoms with Crippen LogP contribution in [-0.4, -0.2) is 35.4 Å². The molecule has 0 spiro atoms. The van der Waals surface area contributed by atoms with E-state index in [1.165, 1.54) is 22.3 Å². The molecular formula is C35H30O6. The molecule has 206 valence electrons. The standard InChI is InChI=1S/C35H30O6/c36-33(37)13-5-7-23-40-27-19-15-25(16-20-27)35(26-17-21-28(22-18-26)41-24-8-6-14-34(38)39)31-11-3-1-9-29(31)30-10-2-4-12-32(30)35/h1-6,9-22H,7-8,23-24H2,(H,36,37)(H,38,39)/b13-5-,14-6+. The van der Waals surface area contributed by atoms with Gasteiger partial charge in [0.05, 0.1) is 18.6 Å². The number of ether oxygens (including phenoxy) is 2. The molecular weight excluding hydrogens is 516 g/mol. The fourth-order valence-electron chi connectivity index (χ4n) is 5.48. The van der Waals surface area contributed by atoms with Gasteiger partial charge in [0.25, 0.3) is 0 Å². The average molecular weight is 547 g/mol. The Bertz CT molecular complexity index is 1460. The molecule has 4 aromatic carbocycles. The number of rotatable bonds is 12. The highest BCUT2D eigenvalue weighted by Crippen LogP contribution is 2.56. The number of carboxylic acids is 2. The summed E-state index contributed by atoms with van der Waals surface area (Å²) in [6, 6.07) is 33.2. The van der Waals surface area contributed by atoms with Gasteiger partial charge in [0.2, 0.25) is 0 Å². The number of aliphatic carboxylic acids is 2. The van der Waals surface area contributed by atoms with Crippen molar-refractivity contribution < 1.29 is 29.3 Å². The Morgan fingerprint density at radius 2 is 0.976 bits per heavy atom. The van der Waals surface area contributed by atoms with Gasteiger partial charge in [0, 0.05) is 12.2 Å². The van der Waals surface area contributed by atoms with Crippen LogP contribution in [0, 0.1) is 0 Å². The number of carboxylic acid groups (broad SMARTS) is 2. The lowest BCUT2D eigenvalue weighted by molar-refractivity contribution is -0.132. The summed E-state index contributed by atoms with van der Waals surface area (Å²) >= 11 is 0. The zero-order chi connectivity index (χ0) is 28.7. The zero-order valence-electron chi connectivity index (χ0n) is 22.4. The Morgan fingerprint density at radius 1 is 0.585 bits per heavy atom. The van der Waals surface area contributed by atoms with E-state index in [-0.39, 0.29) is 0 Å². The van der Waals surface area contributed by atoms with Crippen LogP contribution in [-0.2, 0) is 15.0 Å². The van der Waals surface area contributed by atoms with E-state index in [0.717, 1.165) is 23.3 Å². The summed E-state index contributed by atoms with van der Waals surface area (Å²) in [4.78, 5) is 21.3. The molecule has 0 fully saturated rings. The highest BCUT2D eigenvalue weighted by Gasteiger charge is 2.45. The van der Waals surface area contributed by atoms with Crippen molar-refractivity contribution in [2.75, 3.05) is 13.2 Å². The maximum Gasteiger partial charge on any atom is 0.327 e. The lowest BCUT2D eigenvalue weighted by Gasteiger charge is -2.34. The highest BCUT2D eigenvalue weighted by atomic mass is 16.5. The van der Waals surface area contributed by atoms with Crippen molar-refractivity contribution >= 4 is 11.9 Å². The van der Waals surface area contributed by atoms with E-state index in [4.69, 9.17) is 19.7 Å². The van der Waals surface area contributed by atoms with Gasteiger partial charge in [-0.05, 0) is 70.5 Å². The molecule has 1 aliphatic carbocycles. The van der Waals surface area contributed by atoms with Crippen LogP contribution >= 0.6 is 0 Å². The predicted molar refractivity (Wildman–Crippen MR) is 158 cm³/mol. The maximum absolute atomic E-state index is 10.7. The molecule has 0 saturated heterocycles. The third-order valence-electron chi connectivity index (χ3n) is 7.15. The van der Waals surface area contributed by atoms with Gasteiger partial charge in [0.1, 0.15) is 11.5 Å². The van der Waals surface area contributed by atoms with Crippen LogP contribution in [0.5, 0.6) is 11.5 Å². The van der Waals surface area contributed by atoms with E-state index in [9.17, 15) is 9.59 Å². The third kappa shape index (κ3) is 5.77. The minimum Gasteiger partial charge on any atom is -0.493 e. The van der Waals surface area contributed by atoms with Gasteiger partial charge in [-0.2, -0.15) is 0 Å². The number of benzene rings is 4. The molecule has 0 unspecified atom stereocenters. The summed E-state index contributed by atoms with van der Waals surface area (Å²) in [6.45, 7) is 0.765. The summed E-state index contributed by atoms with van der Waals surface area (Å²) in [5, 5.41) is 17.5. The van der Waals surface area contributed by atoms with Crippen molar-refractivity contribution in [3.05, 3.63) is 144 Å². The summed E-state index contributed by atoms with van der Waals surface area (Å²) in [6.07, 6.45) is 6.42. The summed E-state index contributed by atoms with van der Waals surface area (Å²) in [7, 11) is 0. The SMILES string of the molecule is O=C(O)/C=C\CCOc1ccc(C2(c3ccc(OCC/C=C/C(=O)O)cc3)c3ccccc3-c3ccccc32)cc1. The fraction of sp³-hybridized carbons (Fsp3) is 0.143. The first-order chi connectivity index (χ1) is 20.0. The molecule has 0 saturated carbocycles. The molecule has 0 radical (unpaired) electrons. The van der Waals surface area contributed by atoms with Crippen LogP contribution in [0.2, 0.25) is 0 Å². The summed E-state index contributed by atoms with van der Waals surface area (Å²) in [5.74, 6) is -0.505. The van der Waals surface area contributed by atoms with Crippen LogP contribution in [0.4, 0.5) is 0 Å². The van der Waals surface area contributed by atoms with Gasteiger partial charge < -0.3 is 19.7 Å². The maximum atomic E-state index is 10.7. The molecule has 0 atom stereocenters. The van der Waals surface area contributed by atoms with Crippen LogP contribution in [0.1, 0.15) is 35.1 Å². The molecule has 2 N–H and O–H groups in total. The molecule has 0 heterocycles. The van der Waals surface area contributed by atoms with E-state index in [1.807, 2.05) is 24.3 Å². The van der Waals surface area contributed by atoms with Gasteiger partial charge in [-0.15, -0.1) is 0 Å². The minimum absolute atomic E-state index is 0.382. The molecule has 0 aliphatic heterocycles. The van der Waals surface area contributed by atoms with Crippen molar-refractivity contribution in [2.24, 2.45) is 0 Å². The average Bonchev–Trinajstić information content (AvgIpc) is 3.28. The molecule has 41 heavy (non-hydrogen) atoms. The molecule has 0 bridgehead atoms. The Hall–Kier alpha value is -5.10. The Kier molecular flexibility index (Phi) is 8.30. The lowest BCUT2D eigenvalue weighted by Crippen LogP contribution is -2.28. The molecule has 6 nitrogen and oxygen atoms in total. The molecule has 6 heteroatoms. The fourth-order valence-corrected chi connectivity index (χ4v) is 5.48. The molecule has 1 aliphatic rings. The first kappa shape index (κ1) is 27.5. The van der Waals surface area contributed by atoms with Crippen LogP contribution in [0.3, 0.4) is 0 Å². The van der Waals surface area contributed by atoms with Gasteiger partial charge in [0.15, 0.2) is 0 Å². The Labute approximate surface area is 238 Å². The second-order valence-electron chi connectivity index (χ2n) is 9.65. The largest absolute Gasteiger partial charge is 0.493 e. The molecule has 0 aromatic heterocycles. The number of hydrogen-bond acceptors (Lipinski definition) is 4. The smallest absolute Gasteiger partial charge is 0.327 e. The topological polar surface area (TPSA) is 93.1 Å². The van der Waals surface area contributed by atoms with Gasteiger partial charge >= 0.3 is 11.9 Å². The van der Waals surface area contributed by atoms with Crippen molar-refractivity contribution in [3.8, 4) is 22.6 Å². The number of hydrogen-bond donors (Lipinski definition) is 2. The molecule has 0 amide bonds. The quantitative estimate of drug-likeness (QED) is 0.131. The van der Waals surface area contributed by atoms with Crippen LogP contribution < -0.4 is 9.47 Å². The Balaban J connectivity index is 1.49. The van der Waals surface area contributed by atoms with E-state index >= 15 is 0 Å². The Morgan fingerprint density at radius 3 is 1.37 bits per heavy atom. The van der Waals surface area contributed by atoms with E-state index in [2.05, 4.69) is 72.8 Å². The highest BCUT2D eigenvalue weighted by molar-refractivity contribution is 5.86. The monoisotopic (exact) mass is 546 g/mol. The lowest BCUT2D eigenvalue weighted by atomic mass is 9.68. The predicted octanol–water partition coefficient (Wildman–Crippen LogP) is 6.87. The zero-order valence-corrected chi connectivity index (χ0v) is 22.4. The summed E-state index contributed by atoms with van der Waals surface area (Å²) < 4.78 is 11.7. The second kappa shape index (κ2) is 12.4. The van der Waals surface area contributed by atoms with E-state index in [0.29, 0.717) is 37.6 Å². The van der Waals surface area contributed by atoms with Crippen molar-refractivity contribution in [3.63, 3.8) is 0 Å². The molecule has 4 aromatic rings. The third-order valence-corrected chi connectivity index (χ3v) is 7.15. The normalized spacial score (nSPS) is 13.2. The van der Waals surface area contributed by atoms with Crippen molar-refractivity contribution in [1.29, 1.82) is 0 Å². The van der Waals surface area contributed by atoms with Crippen molar-refractivity contribution in [1.82, 2.24) is 0 Å². The van der Waals surface area contributed by atoms with Gasteiger partial charge in [-0.25, -0.2) is 9.59 Å². The second-order valence-corrected chi connectivity index (χ2v) is 9.65. The van der Waals surface area contributed by atoms with E-state index < -0.39 is 17.4 Å². The van der Waals surface area contributed by atoms with Gasteiger partial charge in [-0.1, -0.05) is 84.9 Å². The van der Waals surface area contributed by atoms with Crippen LogP contribution in [0.25, 0.3) is 11.1 Å². The van der Waals surface area contributed by atoms with Crippen molar-refractivity contribution in [2.45, 2.75) is 18.3 Å². The summed E-state index contributed by atoms with van der Waals surface area (Å²) in [5.41, 5.74) is 6.42. The first-order valence-electron chi connectivity index (χ1n) is 13.4. The van der Waals surface area contributed by atoms with Gasteiger partial charge in [-0.3, -0.25) is 0 Å². The number of fused-ring (bicyclic) bond motifs is 3. The molecule has 5 rings (SSSR count). The van der Waals surface area contributed by atoms with E-state index in [1.54, 1.807) is 12.2 Å². The number of carbonyl (C=O) groups is 2. The van der Waals surface area contributed by atoms with Crippen LogP contribution in [0.15, 0.2) is 121 Å².